The molecular formula is C18H20N2O2. The van der Waals surface area contributed by atoms with Crippen molar-refractivity contribution >= 4 is 16.8 Å². The van der Waals surface area contributed by atoms with E-state index in [1.165, 1.54) is 5.56 Å². The van der Waals surface area contributed by atoms with Gasteiger partial charge in [-0.05, 0) is 50.5 Å². The fourth-order valence-electron chi connectivity index (χ4n) is 3.73. The SMILES string of the molecule is Cc1cc(C)c2ccc(C(=O)N[C@@H]3C[C@H]4OCC[C@@H]34)cc2n1. The Hall–Kier alpha value is -1.94. The van der Waals surface area contributed by atoms with Gasteiger partial charge in [-0.15, -0.1) is 0 Å². The number of carbonyl (C=O) groups excluding carboxylic acids is 1. The molecule has 22 heavy (non-hydrogen) atoms. The fraction of sp³-hybridized carbons (Fsp3) is 0.444. The molecule has 0 unspecified atom stereocenters. The van der Waals surface area contributed by atoms with E-state index in [1.807, 2.05) is 25.1 Å². The molecule has 4 rings (SSSR count). The Kier molecular flexibility index (Phi) is 3.15. The number of fused-ring (bicyclic) bond motifs is 2. The van der Waals surface area contributed by atoms with Crippen molar-refractivity contribution in [1.82, 2.24) is 10.3 Å². The highest BCUT2D eigenvalue weighted by Crippen LogP contribution is 2.38. The molecule has 2 aliphatic rings. The van der Waals surface area contributed by atoms with Crippen LogP contribution in [-0.4, -0.2) is 29.6 Å². The quantitative estimate of drug-likeness (QED) is 0.927. The van der Waals surface area contributed by atoms with Crippen LogP contribution >= 0.6 is 0 Å². The Balaban J connectivity index is 1.57. The van der Waals surface area contributed by atoms with E-state index in [4.69, 9.17) is 4.74 Å². The molecule has 4 nitrogen and oxygen atoms in total. The van der Waals surface area contributed by atoms with Gasteiger partial charge in [-0.1, -0.05) is 6.07 Å². The summed E-state index contributed by atoms with van der Waals surface area (Å²) >= 11 is 0. The first-order valence-corrected chi connectivity index (χ1v) is 7.92. The summed E-state index contributed by atoms with van der Waals surface area (Å²) in [5.74, 6) is 0.505. The number of nitrogens with one attached hydrogen (secondary N) is 1. The summed E-state index contributed by atoms with van der Waals surface area (Å²) in [5, 5.41) is 4.26. The van der Waals surface area contributed by atoms with Crippen LogP contribution in [0.1, 0.15) is 34.5 Å². The van der Waals surface area contributed by atoms with E-state index >= 15 is 0 Å². The van der Waals surface area contributed by atoms with Crippen LogP contribution in [0.3, 0.4) is 0 Å². The highest BCUT2D eigenvalue weighted by molar-refractivity contribution is 5.98. The summed E-state index contributed by atoms with van der Waals surface area (Å²) in [6.07, 6.45) is 2.38. The zero-order valence-electron chi connectivity index (χ0n) is 12.9. The smallest absolute Gasteiger partial charge is 0.251 e. The average Bonchev–Trinajstić information content (AvgIpc) is 2.85. The number of aromatic nitrogens is 1. The van der Waals surface area contributed by atoms with Gasteiger partial charge in [-0.2, -0.15) is 0 Å². The van der Waals surface area contributed by atoms with Crippen LogP contribution in [-0.2, 0) is 4.74 Å². The first kappa shape index (κ1) is 13.7. The lowest BCUT2D eigenvalue weighted by Gasteiger charge is -2.39. The lowest BCUT2D eigenvalue weighted by molar-refractivity contribution is 0.00810. The summed E-state index contributed by atoms with van der Waals surface area (Å²) in [7, 11) is 0. The largest absolute Gasteiger partial charge is 0.378 e. The lowest BCUT2D eigenvalue weighted by Crippen LogP contribution is -2.53. The van der Waals surface area contributed by atoms with Gasteiger partial charge in [0.2, 0.25) is 0 Å². The molecule has 1 amide bonds. The first-order chi connectivity index (χ1) is 10.6. The molecule has 1 aromatic carbocycles. The van der Waals surface area contributed by atoms with Crippen molar-refractivity contribution in [3.63, 3.8) is 0 Å². The minimum absolute atomic E-state index is 0.00166. The van der Waals surface area contributed by atoms with Crippen LogP contribution in [0.15, 0.2) is 24.3 Å². The molecule has 0 bridgehead atoms. The van der Waals surface area contributed by atoms with Crippen molar-refractivity contribution in [3.8, 4) is 0 Å². The van der Waals surface area contributed by atoms with Gasteiger partial charge in [0.05, 0.1) is 11.6 Å². The number of nitrogens with zero attached hydrogens (tertiary/aromatic N) is 1. The molecule has 2 fully saturated rings. The maximum absolute atomic E-state index is 12.5. The molecule has 0 spiro atoms. The fourth-order valence-corrected chi connectivity index (χ4v) is 3.73. The van der Waals surface area contributed by atoms with E-state index in [0.717, 1.165) is 36.0 Å². The maximum atomic E-state index is 12.5. The normalized spacial score (nSPS) is 26.5. The van der Waals surface area contributed by atoms with Gasteiger partial charge in [0.25, 0.3) is 5.91 Å². The van der Waals surface area contributed by atoms with Gasteiger partial charge in [-0.25, -0.2) is 0 Å². The van der Waals surface area contributed by atoms with Gasteiger partial charge in [-0.3, -0.25) is 9.78 Å². The third-order valence-corrected chi connectivity index (χ3v) is 4.99. The van der Waals surface area contributed by atoms with E-state index < -0.39 is 0 Å². The number of hydrogen-bond acceptors (Lipinski definition) is 3. The summed E-state index contributed by atoms with van der Waals surface area (Å²) in [4.78, 5) is 17.0. The van der Waals surface area contributed by atoms with Crippen LogP contribution in [0.25, 0.3) is 10.9 Å². The van der Waals surface area contributed by atoms with Gasteiger partial charge >= 0.3 is 0 Å². The van der Waals surface area contributed by atoms with Gasteiger partial charge < -0.3 is 10.1 Å². The Morgan fingerprint density at radius 3 is 3.00 bits per heavy atom. The Labute approximate surface area is 129 Å². The summed E-state index contributed by atoms with van der Waals surface area (Å²) < 4.78 is 5.59. The maximum Gasteiger partial charge on any atom is 0.251 e. The van der Waals surface area contributed by atoms with E-state index in [9.17, 15) is 4.79 Å². The molecule has 2 aromatic rings. The second-order valence-electron chi connectivity index (χ2n) is 6.49. The van der Waals surface area contributed by atoms with E-state index in [-0.39, 0.29) is 11.9 Å². The van der Waals surface area contributed by atoms with Gasteiger partial charge in [0.15, 0.2) is 0 Å². The molecule has 1 saturated carbocycles. The van der Waals surface area contributed by atoms with Crippen LogP contribution in [0.5, 0.6) is 0 Å². The van der Waals surface area contributed by atoms with Crippen molar-refractivity contribution in [2.45, 2.75) is 38.8 Å². The zero-order valence-corrected chi connectivity index (χ0v) is 12.9. The highest BCUT2D eigenvalue weighted by atomic mass is 16.5. The zero-order chi connectivity index (χ0) is 15.3. The lowest BCUT2D eigenvalue weighted by atomic mass is 9.76. The summed E-state index contributed by atoms with van der Waals surface area (Å²) in [5.41, 5.74) is 3.75. The highest BCUT2D eigenvalue weighted by Gasteiger charge is 2.45. The summed E-state index contributed by atoms with van der Waals surface area (Å²) in [6, 6.07) is 8.11. The monoisotopic (exact) mass is 296 g/mol. The number of rotatable bonds is 2. The Morgan fingerprint density at radius 2 is 2.18 bits per heavy atom. The van der Waals surface area contributed by atoms with Crippen LogP contribution < -0.4 is 5.32 Å². The summed E-state index contributed by atoms with van der Waals surface area (Å²) in [6.45, 7) is 4.89. The van der Waals surface area contributed by atoms with Crippen molar-refractivity contribution in [2.24, 2.45) is 5.92 Å². The van der Waals surface area contributed by atoms with Crippen LogP contribution in [0.2, 0.25) is 0 Å². The number of aryl methyl sites for hydroxylation is 2. The third-order valence-electron chi connectivity index (χ3n) is 4.99. The number of hydrogen-bond donors (Lipinski definition) is 1. The molecule has 114 valence electrons. The third kappa shape index (κ3) is 2.18. The van der Waals surface area contributed by atoms with Crippen molar-refractivity contribution in [1.29, 1.82) is 0 Å². The number of pyridine rings is 1. The molecular weight excluding hydrogens is 276 g/mol. The molecule has 0 radical (unpaired) electrons. The molecule has 2 heterocycles. The average molecular weight is 296 g/mol. The first-order valence-electron chi connectivity index (χ1n) is 7.92. The van der Waals surface area contributed by atoms with Crippen LogP contribution in [0.4, 0.5) is 0 Å². The minimum atomic E-state index is -0.00166. The second kappa shape index (κ2) is 5.06. The topological polar surface area (TPSA) is 51.2 Å². The molecule has 3 atom stereocenters. The second-order valence-corrected chi connectivity index (χ2v) is 6.49. The minimum Gasteiger partial charge on any atom is -0.378 e. The predicted molar refractivity (Wildman–Crippen MR) is 84.9 cm³/mol. The van der Waals surface area contributed by atoms with Crippen molar-refractivity contribution < 1.29 is 9.53 Å². The number of ether oxygens (including phenoxy) is 1. The van der Waals surface area contributed by atoms with Gasteiger partial charge in [0, 0.05) is 35.2 Å². The molecule has 1 aliphatic carbocycles. The number of carbonyl (C=O) groups is 1. The predicted octanol–water partition coefficient (Wildman–Crippen LogP) is 2.76. The van der Waals surface area contributed by atoms with E-state index in [0.29, 0.717) is 17.6 Å². The van der Waals surface area contributed by atoms with Gasteiger partial charge in [0.1, 0.15) is 0 Å². The van der Waals surface area contributed by atoms with E-state index in [2.05, 4.69) is 23.3 Å². The van der Waals surface area contributed by atoms with Crippen molar-refractivity contribution in [3.05, 3.63) is 41.1 Å². The van der Waals surface area contributed by atoms with Crippen molar-refractivity contribution in [2.75, 3.05) is 6.61 Å². The Morgan fingerprint density at radius 1 is 1.32 bits per heavy atom. The number of amides is 1. The molecule has 1 saturated heterocycles. The Bertz CT molecular complexity index is 756. The standard InChI is InChI=1S/C18H20N2O2/c1-10-7-11(2)19-15-8-12(3-4-13(10)15)18(21)20-16-9-17-14(16)5-6-22-17/h3-4,7-8,14,16-17H,5-6,9H2,1-2H3,(H,20,21)/t14-,16+,17+/m0/s1. The molecule has 1 N–H and O–H groups in total. The van der Waals surface area contributed by atoms with E-state index in [1.54, 1.807) is 0 Å². The molecule has 4 heteroatoms. The van der Waals surface area contributed by atoms with Crippen LogP contribution in [0, 0.1) is 19.8 Å². The molecule has 1 aliphatic heterocycles. The molecule has 1 aromatic heterocycles. The number of benzene rings is 1.